The van der Waals surface area contributed by atoms with Gasteiger partial charge in [-0.25, -0.2) is 4.31 Å². The van der Waals surface area contributed by atoms with Crippen molar-refractivity contribution in [3.8, 4) is 17.0 Å². The summed E-state index contributed by atoms with van der Waals surface area (Å²) in [5.41, 5.74) is 6.25. The lowest BCUT2D eigenvalue weighted by Crippen LogP contribution is -2.49. The molecular weight excluding hydrogens is 607 g/mol. The maximum Gasteiger partial charge on any atom is 0.262 e. The summed E-state index contributed by atoms with van der Waals surface area (Å²) >= 11 is 1.28. The summed E-state index contributed by atoms with van der Waals surface area (Å²) in [6.45, 7) is 6.00. The van der Waals surface area contributed by atoms with Crippen LogP contribution in [0, 0.1) is 11.3 Å². The number of likely N-dealkylation sites (tertiary alicyclic amines) is 1. The third-order valence-corrected chi connectivity index (χ3v) is 12.4. The molecule has 2 aromatic carbocycles. The zero-order chi connectivity index (χ0) is 33.2. The Hall–Kier alpha value is -3.01. The monoisotopic (exact) mass is 657 g/mol. The number of amides is 2. The Morgan fingerprint density at radius 1 is 1.00 bits per heavy atom. The first-order valence-electron chi connectivity index (χ1n) is 17.5. The molecule has 1 aromatic heterocycles. The van der Waals surface area contributed by atoms with E-state index in [4.69, 9.17) is 4.74 Å². The van der Waals surface area contributed by atoms with Crippen LogP contribution in [0.5, 0.6) is 5.75 Å². The maximum absolute atomic E-state index is 15.3. The van der Waals surface area contributed by atoms with Crippen LogP contribution in [0.25, 0.3) is 22.2 Å². The van der Waals surface area contributed by atoms with Crippen molar-refractivity contribution in [2.45, 2.75) is 89.3 Å². The number of hydrogen-bond acceptors (Lipinski definition) is 6. The van der Waals surface area contributed by atoms with Crippen LogP contribution in [-0.4, -0.2) is 84.4 Å². The number of likely N-dealkylation sites (N-methyl/N-ethyl adjacent to an activating group) is 1. The van der Waals surface area contributed by atoms with Gasteiger partial charge in [-0.2, -0.15) is 0 Å². The van der Waals surface area contributed by atoms with E-state index in [0.29, 0.717) is 23.9 Å². The van der Waals surface area contributed by atoms with E-state index < -0.39 is 5.41 Å². The van der Waals surface area contributed by atoms with Gasteiger partial charge in [0.05, 0.1) is 18.2 Å². The zero-order valence-corrected chi connectivity index (χ0v) is 30.0. The smallest absolute Gasteiger partial charge is 0.262 e. The average molecular weight is 658 g/mol. The average Bonchev–Trinajstić information content (AvgIpc) is 3.34. The summed E-state index contributed by atoms with van der Waals surface area (Å²) in [4.78, 5) is 33.1. The van der Waals surface area contributed by atoms with Crippen molar-refractivity contribution in [2.75, 3.05) is 41.8 Å². The van der Waals surface area contributed by atoms with Gasteiger partial charge in [-0.15, -0.1) is 0 Å². The van der Waals surface area contributed by atoms with Crippen LogP contribution in [0.1, 0.15) is 92.1 Å². The third-order valence-electron chi connectivity index (χ3n) is 11.7. The summed E-state index contributed by atoms with van der Waals surface area (Å²) in [5, 5.41) is 1.22. The number of methoxy groups -OCH3 is 1. The second-order valence-electron chi connectivity index (χ2n) is 15.1. The lowest BCUT2D eigenvalue weighted by atomic mass is 9.81. The largest absolute Gasteiger partial charge is 0.497 e. The molecule has 4 unspecified atom stereocenters. The zero-order valence-electron chi connectivity index (χ0n) is 29.1. The molecule has 7 rings (SSSR count). The van der Waals surface area contributed by atoms with Crippen LogP contribution < -0.4 is 9.46 Å². The fourth-order valence-electron chi connectivity index (χ4n) is 9.46. The predicted molar refractivity (Wildman–Crippen MR) is 191 cm³/mol. The SMILES string of the molecule is COc1ccc2c(c1)C1C(C)[C@]1(C(=O)N1C(C)CCC1CN(C)C)Cn1c-2c(C2CCCCC2)c2ccc(C(=O)NSN(C)C)cc21. The second-order valence-corrected chi connectivity index (χ2v) is 16.2. The lowest BCUT2D eigenvalue weighted by Gasteiger charge is -2.34. The molecule has 5 atom stereocenters. The minimum Gasteiger partial charge on any atom is -0.497 e. The van der Waals surface area contributed by atoms with Crippen molar-refractivity contribution in [3.05, 3.63) is 53.1 Å². The van der Waals surface area contributed by atoms with Crippen molar-refractivity contribution in [1.29, 1.82) is 0 Å². The van der Waals surface area contributed by atoms with Crippen LogP contribution in [-0.2, 0) is 11.3 Å². The van der Waals surface area contributed by atoms with Gasteiger partial charge in [0.1, 0.15) is 5.75 Å². The summed E-state index contributed by atoms with van der Waals surface area (Å²) < 4.78 is 13.1. The molecule has 2 saturated carbocycles. The van der Waals surface area contributed by atoms with Gasteiger partial charge < -0.3 is 19.1 Å². The molecule has 0 bridgehead atoms. The van der Waals surface area contributed by atoms with Crippen molar-refractivity contribution in [2.24, 2.45) is 11.3 Å². The number of carbonyl (C=O) groups is 2. The molecule has 3 heterocycles. The van der Waals surface area contributed by atoms with Crippen molar-refractivity contribution in [3.63, 3.8) is 0 Å². The molecular formula is C38H51N5O3S. The predicted octanol–water partition coefficient (Wildman–Crippen LogP) is 6.89. The highest BCUT2D eigenvalue weighted by Gasteiger charge is 2.70. The Morgan fingerprint density at radius 2 is 1.77 bits per heavy atom. The van der Waals surface area contributed by atoms with Crippen LogP contribution in [0.3, 0.4) is 0 Å². The van der Waals surface area contributed by atoms with Crippen LogP contribution >= 0.6 is 12.1 Å². The highest BCUT2D eigenvalue weighted by atomic mass is 32.2. The van der Waals surface area contributed by atoms with Gasteiger partial charge in [0.2, 0.25) is 5.91 Å². The molecule has 47 heavy (non-hydrogen) atoms. The van der Waals surface area contributed by atoms with Gasteiger partial charge in [0.15, 0.2) is 0 Å². The first-order valence-corrected chi connectivity index (χ1v) is 18.3. The van der Waals surface area contributed by atoms with Gasteiger partial charge in [0, 0.05) is 65.3 Å². The fourth-order valence-corrected chi connectivity index (χ4v) is 9.85. The van der Waals surface area contributed by atoms with Crippen molar-refractivity contribution < 1.29 is 14.3 Å². The van der Waals surface area contributed by atoms with Gasteiger partial charge in [0.25, 0.3) is 5.91 Å². The molecule has 2 amide bonds. The number of fused-ring (bicyclic) bond motifs is 7. The van der Waals surface area contributed by atoms with Crippen LogP contribution in [0.2, 0.25) is 0 Å². The Kier molecular flexibility index (Phi) is 8.63. The van der Waals surface area contributed by atoms with Gasteiger partial charge in [-0.3, -0.25) is 14.3 Å². The quantitative estimate of drug-likeness (QED) is 0.266. The Balaban J connectivity index is 1.45. The number of benzene rings is 2. The van der Waals surface area contributed by atoms with Crippen molar-refractivity contribution >= 4 is 34.9 Å². The number of carbonyl (C=O) groups excluding carboxylic acids is 2. The van der Waals surface area contributed by atoms with E-state index in [9.17, 15) is 4.79 Å². The highest BCUT2D eigenvalue weighted by Crippen LogP contribution is 2.70. The third kappa shape index (κ3) is 5.37. The fraction of sp³-hybridized carbons (Fsp3) is 0.579. The Labute approximate surface area is 284 Å². The van der Waals surface area contributed by atoms with E-state index in [1.165, 1.54) is 72.0 Å². The van der Waals surface area contributed by atoms with E-state index in [1.807, 2.05) is 24.5 Å². The van der Waals surface area contributed by atoms with E-state index >= 15 is 4.79 Å². The number of aromatic nitrogens is 1. The van der Waals surface area contributed by atoms with Crippen LogP contribution in [0.4, 0.5) is 0 Å². The first kappa shape index (κ1) is 32.5. The van der Waals surface area contributed by atoms with Gasteiger partial charge >= 0.3 is 0 Å². The number of hydrogen-bond donors (Lipinski definition) is 1. The molecule has 2 aliphatic heterocycles. The Morgan fingerprint density at radius 3 is 2.47 bits per heavy atom. The normalized spacial score (nSPS) is 27.0. The summed E-state index contributed by atoms with van der Waals surface area (Å²) in [6, 6.07) is 13.2. The minimum absolute atomic E-state index is 0.102. The molecule has 3 fully saturated rings. The van der Waals surface area contributed by atoms with Crippen LogP contribution in [0.15, 0.2) is 36.4 Å². The molecule has 252 valence electrons. The van der Waals surface area contributed by atoms with Gasteiger partial charge in [-0.1, -0.05) is 32.3 Å². The van der Waals surface area contributed by atoms with E-state index in [1.54, 1.807) is 7.11 Å². The Bertz CT molecular complexity index is 1690. The van der Waals surface area contributed by atoms with Crippen molar-refractivity contribution in [1.82, 2.24) is 23.4 Å². The molecule has 1 saturated heterocycles. The van der Waals surface area contributed by atoms with Gasteiger partial charge in [-0.05, 0) is 114 Å². The number of rotatable bonds is 8. The first-order chi connectivity index (χ1) is 22.6. The molecule has 8 nitrogen and oxygen atoms in total. The highest BCUT2D eigenvalue weighted by molar-refractivity contribution is 7.95. The number of nitrogens with one attached hydrogen (secondary N) is 1. The molecule has 0 spiro atoms. The summed E-state index contributed by atoms with van der Waals surface area (Å²) in [7, 11) is 9.78. The number of nitrogens with zero attached hydrogens (tertiary/aromatic N) is 4. The minimum atomic E-state index is -0.565. The van der Waals surface area contributed by atoms with E-state index in [0.717, 1.165) is 30.7 Å². The topological polar surface area (TPSA) is 70.0 Å². The van der Waals surface area contributed by atoms with E-state index in [2.05, 4.69) is 77.4 Å². The summed E-state index contributed by atoms with van der Waals surface area (Å²) in [6.07, 6.45) is 8.16. The van der Waals surface area contributed by atoms with E-state index in [-0.39, 0.29) is 29.8 Å². The molecule has 1 N–H and O–H groups in total. The molecule has 2 aliphatic carbocycles. The molecule has 4 aliphatic rings. The molecule has 9 heteroatoms. The maximum atomic E-state index is 15.3. The lowest BCUT2D eigenvalue weighted by molar-refractivity contribution is -0.141. The number of ether oxygens (including phenoxy) is 1. The molecule has 3 aromatic rings. The second kappa shape index (κ2) is 12.5. The molecule has 0 radical (unpaired) electrons. The standard InChI is InChI=1S/C38H51N5O3S/c1-23-13-15-27(21-40(3)4)43(23)37(45)38-22-42-32-19-26(36(44)39-47-41(5)6)14-17-30(32)33(25-11-9-8-10-12-25)35(42)29-18-16-28(46-7)20-31(29)34(38)24(38)2/h14,16-20,23-25,27,34H,8-13,15,21-22H2,1-7H3,(H,39,44)/t23?,24?,27?,34?,38-/m1/s1. The summed E-state index contributed by atoms with van der Waals surface area (Å²) in [5.74, 6) is 1.75.